The second-order valence-electron chi connectivity index (χ2n) is 5.21. The molecule has 2 aromatic rings. The molecule has 1 heteroatoms. The van der Waals surface area contributed by atoms with Gasteiger partial charge in [-0.15, -0.1) is 0 Å². The van der Waals surface area contributed by atoms with Crippen molar-refractivity contribution < 1.29 is 0 Å². The Hall–Kier alpha value is -2.46. The molecular formula is C19H17N. The fourth-order valence-electron chi connectivity index (χ4n) is 2.53. The van der Waals surface area contributed by atoms with Crippen LogP contribution in [0.2, 0.25) is 0 Å². The minimum absolute atomic E-state index is 0.577. The third kappa shape index (κ3) is 2.46. The Labute approximate surface area is 120 Å². The van der Waals surface area contributed by atoms with Crippen LogP contribution in [0.25, 0.3) is 5.57 Å². The van der Waals surface area contributed by atoms with Crippen LogP contribution >= 0.6 is 0 Å². The Morgan fingerprint density at radius 1 is 1.00 bits per heavy atom. The molecule has 0 amide bonds. The predicted molar refractivity (Wildman–Crippen MR) is 85.2 cm³/mol. The molecule has 1 unspecified atom stereocenters. The van der Waals surface area contributed by atoms with Crippen molar-refractivity contribution in [1.82, 2.24) is 0 Å². The van der Waals surface area contributed by atoms with Crippen LogP contribution in [0.3, 0.4) is 0 Å². The van der Waals surface area contributed by atoms with Crippen molar-refractivity contribution in [3.63, 3.8) is 0 Å². The Balaban J connectivity index is 1.95. The van der Waals surface area contributed by atoms with Crippen molar-refractivity contribution in [1.29, 1.82) is 0 Å². The van der Waals surface area contributed by atoms with Crippen molar-refractivity contribution in [2.24, 2.45) is 0 Å². The van der Waals surface area contributed by atoms with Gasteiger partial charge in [0.2, 0.25) is 0 Å². The fourth-order valence-corrected chi connectivity index (χ4v) is 2.53. The largest absolute Gasteiger partial charge is 0.399 e. The normalized spacial score (nSPS) is 16.6. The maximum absolute atomic E-state index is 5.68. The van der Waals surface area contributed by atoms with Crippen molar-refractivity contribution in [2.45, 2.75) is 19.3 Å². The van der Waals surface area contributed by atoms with E-state index in [1.165, 1.54) is 11.1 Å². The van der Waals surface area contributed by atoms with E-state index in [4.69, 9.17) is 5.73 Å². The molecule has 0 bridgehead atoms. The number of hydrogen-bond acceptors (Lipinski definition) is 1. The van der Waals surface area contributed by atoms with Crippen LogP contribution in [0.1, 0.15) is 36.0 Å². The maximum Gasteiger partial charge on any atom is 0.0314 e. The molecule has 0 saturated carbocycles. The van der Waals surface area contributed by atoms with E-state index in [1.807, 2.05) is 24.3 Å². The van der Waals surface area contributed by atoms with Crippen LogP contribution in [-0.2, 0) is 0 Å². The van der Waals surface area contributed by atoms with Gasteiger partial charge in [0.15, 0.2) is 0 Å². The summed E-state index contributed by atoms with van der Waals surface area (Å²) in [6.45, 7) is 2.26. The minimum atomic E-state index is 0.577. The number of fused-ring (bicyclic) bond motifs is 1. The summed E-state index contributed by atoms with van der Waals surface area (Å²) in [5.41, 5.74) is 11.3. The van der Waals surface area contributed by atoms with Crippen molar-refractivity contribution in [2.75, 3.05) is 5.73 Å². The molecule has 0 heterocycles. The monoisotopic (exact) mass is 259 g/mol. The lowest BCUT2D eigenvalue weighted by atomic mass is 9.84. The first-order valence-corrected chi connectivity index (χ1v) is 6.91. The van der Waals surface area contributed by atoms with Gasteiger partial charge in [-0.3, -0.25) is 0 Å². The highest BCUT2D eigenvalue weighted by molar-refractivity contribution is 5.82. The van der Waals surface area contributed by atoms with Crippen molar-refractivity contribution >= 4 is 11.3 Å². The Bertz CT molecular complexity index is 711. The molecule has 0 spiro atoms. The summed E-state index contributed by atoms with van der Waals surface area (Å²) in [6.07, 6.45) is 3.31. The molecule has 0 saturated heterocycles. The number of rotatable bonds is 0. The lowest BCUT2D eigenvalue weighted by Crippen LogP contribution is -2.02. The molecule has 3 rings (SSSR count). The number of benzene rings is 2. The number of nitrogen functional groups attached to an aromatic ring is 1. The summed E-state index contributed by atoms with van der Waals surface area (Å²) in [4.78, 5) is 0. The summed E-state index contributed by atoms with van der Waals surface area (Å²) in [7, 11) is 0. The SMILES string of the molecule is CC1CC=C(C#Cc2ccc(N)cc2)c2ccccc21. The van der Waals surface area contributed by atoms with E-state index < -0.39 is 0 Å². The topological polar surface area (TPSA) is 26.0 Å². The van der Waals surface area contributed by atoms with Crippen LogP contribution in [0.15, 0.2) is 54.6 Å². The minimum Gasteiger partial charge on any atom is -0.399 e. The molecule has 0 aromatic heterocycles. The van der Waals surface area contributed by atoms with Crippen LogP contribution in [0, 0.1) is 11.8 Å². The summed E-state index contributed by atoms with van der Waals surface area (Å²) in [6, 6.07) is 16.2. The van der Waals surface area contributed by atoms with Gasteiger partial charge in [-0.05, 0) is 47.7 Å². The van der Waals surface area contributed by atoms with E-state index in [9.17, 15) is 0 Å². The molecule has 1 aliphatic rings. The van der Waals surface area contributed by atoms with Gasteiger partial charge in [-0.25, -0.2) is 0 Å². The zero-order chi connectivity index (χ0) is 13.9. The lowest BCUT2D eigenvalue weighted by Gasteiger charge is -2.20. The first kappa shape index (κ1) is 12.6. The second kappa shape index (κ2) is 5.27. The van der Waals surface area contributed by atoms with Crippen LogP contribution < -0.4 is 5.73 Å². The van der Waals surface area contributed by atoms with E-state index in [1.54, 1.807) is 0 Å². The molecule has 0 aliphatic heterocycles. The number of nitrogens with two attached hydrogens (primary N) is 1. The molecule has 0 fully saturated rings. The average Bonchev–Trinajstić information content (AvgIpc) is 2.49. The van der Waals surface area contributed by atoms with Gasteiger partial charge in [-0.2, -0.15) is 0 Å². The van der Waals surface area contributed by atoms with Crippen LogP contribution in [0.4, 0.5) is 5.69 Å². The molecule has 1 atom stereocenters. The van der Waals surface area contributed by atoms with Crippen molar-refractivity contribution in [3.05, 3.63) is 71.3 Å². The number of allylic oxidation sites excluding steroid dienone is 2. The first-order valence-electron chi connectivity index (χ1n) is 6.91. The molecule has 98 valence electrons. The molecular weight excluding hydrogens is 242 g/mol. The van der Waals surface area contributed by atoms with E-state index >= 15 is 0 Å². The summed E-state index contributed by atoms with van der Waals surface area (Å²) >= 11 is 0. The third-order valence-corrected chi connectivity index (χ3v) is 3.71. The van der Waals surface area contributed by atoms with Crippen molar-refractivity contribution in [3.8, 4) is 11.8 Å². The lowest BCUT2D eigenvalue weighted by molar-refractivity contribution is 0.769. The fraction of sp³-hybridized carbons (Fsp3) is 0.158. The standard InChI is InChI=1S/C19H17N/c1-14-6-10-16(19-5-3-2-4-18(14)19)11-7-15-8-12-17(20)13-9-15/h2-5,8-10,12-14H,6,20H2,1H3. The molecule has 1 aliphatic carbocycles. The van der Waals surface area contributed by atoms with Crippen LogP contribution in [0.5, 0.6) is 0 Å². The van der Waals surface area contributed by atoms with E-state index in [0.717, 1.165) is 23.2 Å². The number of anilines is 1. The van der Waals surface area contributed by atoms with Gasteiger partial charge >= 0.3 is 0 Å². The molecule has 2 N–H and O–H groups in total. The summed E-state index contributed by atoms with van der Waals surface area (Å²) in [5.74, 6) is 7.10. The molecule has 20 heavy (non-hydrogen) atoms. The number of hydrogen-bond donors (Lipinski definition) is 1. The van der Waals surface area contributed by atoms with Gasteiger partial charge in [0.25, 0.3) is 0 Å². The smallest absolute Gasteiger partial charge is 0.0314 e. The van der Waals surface area contributed by atoms with Crippen LogP contribution in [-0.4, -0.2) is 0 Å². The Kier molecular flexibility index (Phi) is 3.31. The van der Waals surface area contributed by atoms with Gasteiger partial charge in [0.1, 0.15) is 0 Å². The first-order chi connectivity index (χ1) is 9.74. The molecule has 0 radical (unpaired) electrons. The summed E-state index contributed by atoms with van der Waals surface area (Å²) in [5, 5.41) is 0. The third-order valence-electron chi connectivity index (χ3n) is 3.71. The van der Waals surface area contributed by atoms with E-state index in [-0.39, 0.29) is 0 Å². The zero-order valence-corrected chi connectivity index (χ0v) is 11.6. The highest BCUT2D eigenvalue weighted by Gasteiger charge is 2.16. The highest BCUT2D eigenvalue weighted by atomic mass is 14.5. The predicted octanol–water partition coefficient (Wildman–Crippen LogP) is 4.21. The maximum atomic E-state index is 5.68. The Morgan fingerprint density at radius 2 is 1.75 bits per heavy atom. The summed E-state index contributed by atoms with van der Waals surface area (Å²) < 4.78 is 0. The Morgan fingerprint density at radius 3 is 2.55 bits per heavy atom. The van der Waals surface area contributed by atoms with E-state index in [0.29, 0.717) is 5.92 Å². The second-order valence-corrected chi connectivity index (χ2v) is 5.21. The van der Waals surface area contributed by atoms with Gasteiger partial charge < -0.3 is 5.73 Å². The van der Waals surface area contributed by atoms with Gasteiger partial charge in [-0.1, -0.05) is 49.1 Å². The quantitative estimate of drug-likeness (QED) is 0.556. The molecule has 2 aromatic carbocycles. The van der Waals surface area contributed by atoms with E-state index in [2.05, 4.69) is 49.1 Å². The van der Waals surface area contributed by atoms with Gasteiger partial charge in [0, 0.05) is 16.8 Å². The zero-order valence-electron chi connectivity index (χ0n) is 11.6. The molecule has 1 nitrogen and oxygen atoms in total. The highest BCUT2D eigenvalue weighted by Crippen LogP contribution is 2.33. The van der Waals surface area contributed by atoms with Gasteiger partial charge in [0.05, 0.1) is 0 Å². The average molecular weight is 259 g/mol.